The van der Waals surface area contributed by atoms with Gasteiger partial charge in [0.1, 0.15) is 13.2 Å². The lowest BCUT2D eigenvalue weighted by Gasteiger charge is -2.17. The summed E-state index contributed by atoms with van der Waals surface area (Å²) >= 11 is 7.26. The molecule has 72 valence electrons. The molecular weight excluding hydrogens is 222 g/mol. The van der Waals surface area contributed by atoms with Crippen molar-refractivity contribution in [3.8, 4) is 11.5 Å². The zero-order chi connectivity index (χ0) is 9.54. The first-order valence-corrected chi connectivity index (χ1v) is 5.38. The van der Waals surface area contributed by atoms with Crippen LogP contribution >= 0.6 is 22.9 Å². The molecule has 0 N–H and O–H groups in total. The molecule has 1 aromatic heterocycles. The van der Waals surface area contributed by atoms with Gasteiger partial charge in [0.2, 0.25) is 0 Å². The molecule has 14 heavy (non-hydrogen) atoms. The first-order valence-electron chi connectivity index (χ1n) is 4.18. The van der Waals surface area contributed by atoms with Crippen molar-refractivity contribution in [3.63, 3.8) is 0 Å². The van der Waals surface area contributed by atoms with Crippen molar-refractivity contribution in [2.75, 3.05) is 13.2 Å². The molecular formula is C9H6ClNO2S. The minimum Gasteiger partial charge on any atom is -0.486 e. The summed E-state index contributed by atoms with van der Waals surface area (Å²) in [6.07, 6.45) is 0. The van der Waals surface area contributed by atoms with Gasteiger partial charge >= 0.3 is 0 Å². The fourth-order valence-electron chi connectivity index (χ4n) is 1.44. The average Bonchev–Trinajstić information content (AvgIpc) is 2.53. The van der Waals surface area contributed by atoms with Crippen LogP contribution in [0.4, 0.5) is 0 Å². The number of fused-ring (bicyclic) bond motifs is 2. The van der Waals surface area contributed by atoms with E-state index in [4.69, 9.17) is 21.1 Å². The standard InChI is InChI=1S/C9H6ClNO2S/c10-9-11-5-3-6-7(4-8(5)14-9)13-2-1-12-6/h3-4H,1-2H2. The van der Waals surface area contributed by atoms with Crippen LogP contribution in [0.5, 0.6) is 11.5 Å². The molecule has 3 rings (SSSR count). The highest BCUT2D eigenvalue weighted by Gasteiger charge is 2.14. The summed E-state index contributed by atoms with van der Waals surface area (Å²) in [6.45, 7) is 1.20. The quantitative estimate of drug-likeness (QED) is 0.694. The second-order valence-electron chi connectivity index (χ2n) is 2.93. The zero-order valence-electron chi connectivity index (χ0n) is 7.12. The summed E-state index contributed by atoms with van der Waals surface area (Å²) in [5.74, 6) is 1.54. The van der Waals surface area contributed by atoms with Crippen LogP contribution in [-0.2, 0) is 0 Å². The number of hydrogen-bond donors (Lipinski definition) is 0. The van der Waals surface area contributed by atoms with E-state index in [0.29, 0.717) is 17.7 Å². The number of aromatic nitrogens is 1. The predicted molar refractivity (Wildman–Crippen MR) is 55.6 cm³/mol. The van der Waals surface area contributed by atoms with Crippen molar-refractivity contribution in [2.24, 2.45) is 0 Å². The van der Waals surface area contributed by atoms with E-state index in [1.807, 2.05) is 12.1 Å². The molecule has 1 aliphatic heterocycles. The summed E-state index contributed by atoms with van der Waals surface area (Å²) in [7, 11) is 0. The van der Waals surface area contributed by atoms with Gasteiger partial charge in [-0.25, -0.2) is 4.98 Å². The van der Waals surface area contributed by atoms with Gasteiger partial charge in [0.15, 0.2) is 16.0 Å². The molecule has 0 radical (unpaired) electrons. The van der Waals surface area contributed by atoms with Gasteiger partial charge in [-0.15, -0.1) is 11.3 Å². The summed E-state index contributed by atoms with van der Waals surface area (Å²) in [4.78, 5) is 4.17. The highest BCUT2D eigenvalue weighted by atomic mass is 35.5. The van der Waals surface area contributed by atoms with E-state index in [1.165, 1.54) is 11.3 Å². The van der Waals surface area contributed by atoms with Gasteiger partial charge in [-0.1, -0.05) is 11.6 Å². The second kappa shape index (κ2) is 3.00. The molecule has 0 aliphatic carbocycles. The maximum Gasteiger partial charge on any atom is 0.184 e. The molecule has 0 fully saturated rings. The van der Waals surface area contributed by atoms with Crippen molar-refractivity contribution < 1.29 is 9.47 Å². The maximum absolute atomic E-state index is 5.82. The largest absolute Gasteiger partial charge is 0.486 e. The Morgan fingerprint density at radius 1 is 1.21 bits per heavy atom. The van der Waals surface area contributed by atoms with Gasteiger partial charge in [0.05, 0.1) is 10.2 Å². The molecule has 0 unspecified atom stereocenters. The molecule has 0 spiro atoms. The van der Waals surface area contributed by atoms with Gasteiger partial charge in [-0.3, -0.25) is 0 Å². The van der Waals surface area contributed by atoms with Crippen molar-refractivity contribution >= 4 is 33.2 Å². The van der Waals surface area contributed by atoms with Crippen molar-refractivity contribution in [1.82, 2.24) is 4.98 Å². The Labute approximate surface area is 89.2 Å². The molecule has 3 nitrogen and oxygen atoms in total. The lowest BCUT2D eigenvalue weighted by Crippen LogP contribution is -2.15. The highest BCUT2D eigenvalue weighted by Crippen LogP contribution is 2.37. The van der Waals surface area contributed by atoms with E-state index in [9.17, 15) is 0 Å². The van der Waals surface area contributed by atoms with Gasteiger partial charge in [-0.05, 0) is 0 Å². The summed E-state index contributed by atoms with van der Waals surface area (Å²) in [5.41, 5.74) is 0.865. The Kier molecular flexibility index (Phi) is 1.78. The normalized spacial score (nSPS) is 14.6. The Bertz CT molecular complexity index is 454. The van der Waals surface area contributed by atoms with Crippen LogP contribution in [0.25, 0.3) is 10.2 Å². The van der Waals surface area contributed by atoms with Crippen molar-refractivity contribution in [1.29, 1.82) is 0 Å². The lowest BCUT2D eigenvalue weighted by atomic mass is 10.3. The van der Waals surface area contributed by atoms with Crippen LogP contribution in [0.2, 0.25) is 4.47 Å². The van der Waals surface area contributed by atoms with E-state index in [1.54, 1.807) is 0 Å². The number of ether oxygens (including phenoxy) is 2. The Balaban J connectivity index is 2.26. The zero-order valence-corrected chi connectivity index (χ0v) is 8.69. The molecule has 0 bridgehead atoms. The van der Waals surface area contributed by atoms with Crippen molar-refractivity contribution in [2.45, 2.75) is 0 Å². The molecule has 1 aliphatic rings. The molecule has 0 saturated carbocycles. The number of nitrogens with zero attached hydrogens (tertiary/aromatic N) is 1. The molecule has 0 amide bonds. The highest BCUT2D eigenvalue weighted by molar-refractivity contribution is 7.22. The van der Waals surface area contributed by atoms with Gasteiger partial charge < -0.3 is 9.47 Å². The fourth-order valence-corrected chi connectivity index (χ4v) is 2.48. The molecule has 2 aromatic rings. The molecule has 2 heterocycles. The van der Waals surface area contributed by atoms with Crippen LogP contribution in [0, 0.1) is 0 Å². The van der Waals surface area contributed by atoms with Crippen molar-refractivity contribution in [3.05, 3.63) is 16.6 Å². The minimum atomic E-state index is 0.544. The molecule has 5 heteroatoms. The first-order chi connectivity index (χ1) is 6.83. The topological polar surface area (TPSA) is 31.4 Å². The number of halogens is 1. The van der Waals surface area contributed by atoms with E-state index < -0.39 is 0 Å². The number of thiazole rings is 1. The number of benzene rings is 1. The summed E-state index contributed by atoms with van der Waals surface area (Å²) in [6, 6.07) is 3.79. The van der Waals surface area contributed by atoms with Crippen LogP contribution in [0.3, 0.4) is 0 Å². The Morgan fingerprint density at radius 2 is 1.93 bits per heavy atom. The maximum atomic E-state index is 5.82. The summed E-state index contributed by atoms with van der Waals surface area (Å²) < 4.78 is 12.5. The van der Waals surface area contributed by atoms with E-state index >= 15 is 0 Å². The van der Waals surface area contributed by atoms with Gasteiger partial charge in [0.25, 0.3) is 0 Å². The SMILES string of the molecule is Clc1nc2cc3c(cc2s1)OCCO3. The van der Waals surface area contributed by atoms with E-state index in [0.717, 1.165) is 21.7 Å². The van der Waals surface area contributed by atoms with Crippen LogP contribution in [0.15, 0.2) is 12.1 Å². The predicted octanol–water partition coefficient (Wildman–Crippen LogP) is 2.72. The first kappa shape index (κ1) is 8.32. The minimum absolute atomic E-state index is 0.544. The third-order valence-electron chi connectivity index (χ3n) is 2.03. The van der Waals surface area contributed by atoms with Crippen LogP contribution < -0.4 is 9.47 Å². The van der Waals surface area contributed by atoms with Crippen LogP contribution in [-0.4, -0.2) is 18.2 Å². The van der Waals surface area contributed by atoms with E-state index in [2.05, 4.69) is 4.98 Å². The third kappa shape index (κ3) is 1.22. The third-order valence-corrected chi connectivity index (χ3v) is 3.15. The van der Waals surface area contributed by atoms with E-state index in [-0.39, 0.29) is 0 Å². The van der Waals surface area contributed by atoms with Crippen LogP contribution in [0.1, 0.15) is 0 Å². The summed E-state index contributed by atoms with van der Waals surface area (Å²) in [5, 5.41) is 0. The fraction of sp³-hybridized carbons (Fsp3) is 0.222. The second-order valence-corrected chi connectivity index (χ2v) is 4.54. The number of hydrogen-bond acceptors (Lipinski definition) is 4. The smallest absolute Gasteiger partial charge is 0.184 e. The molecule has 0 saturated heterocycles. The Morgan fingerprint density at radius 3 is 2.71 bits per heavy atom. The monoisotopic (exact) mass is 227 g/mol. The molecule has 0 atom stereocenters. The van der Waals surface area contributed by atoms with Gasteiger partial charge in [-0.2, -0.15) is 0 Å². The molecule has 1 aromatic carbocycles. The Hall–Kier alpha value is -1.00. The number of rotatable bonds is 0. The van der Waals surface area contributed by atoms with Gasteiger partial charge in [0, 0.05) is 12.1 Å². The average molecular weight is 228 g/mol. The lowest BCUT2D eigenvalue weighted by molar-refractivity contribution is 0.172.